The summed E-state index contributed by atoms with van der Waals surface area (Å²) in [6.45, 7) is 0.669. The quantitative estimate of drug-likeness (QED) is 0.0745. The van der Waals surface area contributed by atoms with Crippen LogP contribution in [-0.4, -0.2) is 88.0 Å². The molecule has 5 N–H and O–H groups in total. The number of aromatic nitrogens is 8. The Morgan fingerprint density at radius 1 is 0.661 bits per heavy atom. The lowest BCUT2D eigenvalue weighted by Gasteiger charge is -2.16. The number of hydrogen-bond donors (Lipinski definition) is 5. The maximum absolute atomic E-state index is 12.7. The van der Waals surface area contributed by atoms with Crippen molar-refractivity contribution < 1.29 is 14.3 Å². The van der Waals surface area contributed by atoms with Gasteiger partial charge in [0.2, 0.25) is 5.91 Å². The molecule has 3 amide bonds. The standard InChI is InChI=1S/C44H37N11O3S/c56-34(16-8-7-15-33-35-32(22-59-33)46-44(57)47-35)45-19-20-58-23-17-18-30-31(21-23)43-54-41-29-14-6-5-13-28(29)39(52-41)50-37-25-10-2-1-9-24(25)36(48-37)49-38-26-11-3-4-12-27(26)40(51-38)53-42(30)55-43/h1-6,9-14,17-18,21,32-33,35H,7-8,15-16,19-20,22H2,(H,45,56)(H2,46,47,57)(H2,48,49,50,51,52,53,54,55)/t32-,33-,35-/m0/s1. The number of nitrogens with zero attached hydrogens (tertiary/aromatic N) is 6. The van der Waals surface area contributed by atoms with Crippen LogP contribution in [0.25, 0.3) is 89.7 Å². The van der Waals surface area contributed by atoms with Crippen molar-refractivity contribution >= 4 is 67.8 Å². The first kappa shape index (κ1) is 35.3. The van der Waals surface area contributed by atoms with Crippen molar-refractivity contribution in [2.24, 2.45) is 0 Å². The highest BCUT2D eigenvalue weighted by molar-refractivity contribution is 8.00. The van der Waals surface area contributed by atoms with E-state index in [1.807, 2.05) is 103 Å². The van der Waals surface area contributed by atoms with Crippen molar-refractivity contribution in [2.75, 3.05) is 18.9 Å². The van der Waals surface area contributed by atoms with E-state index in [1.54, 1.807) is 0 Å². The van der Waals surface area contributed by atoms with E-state index in [9.17, 15) is 9.59 Å². The highest BCUT2D eigenvalue weighted by Crippen LogP contribution is 2.37. The van der Waals surface area contributed by atoms with Crippen LogP contribution in [0.15, 0.2) is 91.0 Å². The molecule has 7 heterocycles. The third-order valence-corrected chi connectivity index (χ3v) is 12.8. The molecule has 15 heteroatoms. The summed E-state index contributed by atoms with van der Waals surface area (Å²) in [5.41, 5.74) is 5.92. The molecule has 0 unspecified atom stereocenters. The van der Waals surface area contributed by atoms with Gasteiger partial charge < -0.3 is 30.7 Å². The van der Waals surface area contributed by atoms with Crippen LogP contribution >= 0.6 is 11.8 Å². The molecule has 3 atom stereocenters. The number of unbranched alkanes of at least 4 members (excludes halogenated alkanes) is 1. The van der Waals surface area contributed by atoms with E-state index >= 15 is 0 Å². The zero-order valence-electron chi connectivity index (χ0n) is 31.7. The number of hydrogen-bond acceptors (Lipinski definition) is 10. The number of amides is 3. The average molecular weight is 800 g/mol. The lowest BCUT2D eigenvalue weighted by Crippen LogP contribution is -2.36. The third kappa shape index (κ3) is 6.47. The molecule has 8 bridgehead atoms. The van der Waals surface area contributed by atoms with Gasteiger partial charge in [-0.3, -0.25) is 4.79 Å². The van der Waals surface area contributed by atoms with Crippen molar-refractivity contribution in [3.63, 3.8) is 0 Å². The number of ether oxygens (including phenoxy) is 1. The van der Waals surface area contributed by atoms with Gasteiger partial charge in [-0.1, -0.05) is 79.2 Å². The van der Waals surface area contributed by atoms with Crippen molar-refractivity contribution in [3.05, 3.63) is 91.0 Å². The van der Waals surface area contributed by atoms with Crippen LogP contribution in [0.3, 0.4) is 0 Å². The molecule has 4 aliphatic heterocycles. The number of nitrogens with one attached hydrogen (secondary N) is 5. The highest BCUT2D eigenvalue weighted by atomic mass is 32.2. The molecule has 0 saturated carbocycles. The van der Waals surface area contributed by atoms with Gasteiger partial charge >= 0.3 is 6.03 Å². The van der Waals surface area contributed by atoms with Crippen LogP contribution in [0, 0.1) is 0 Å². The van der Waals surface area contributed by atoms with Gasteiger partial charge in [-0.05, 0) is 31.0 Å². The monoisotopic (exact) mass is 799 g/mol. The van der Waals surface area contributed by atoms with Gasteiger partial charge in [-0.15, -0.1) is 0 Å². The van der Waals surface area contributed by atoms with E-state index in [0.717, 1.165) is 68.8 Å². The average Bonchev–Trinajstić information content (AvgIpc) is 4.10. The van der Waals surface area contributed by atoms with Gasteiger partial charge in [0.15, 0.2) is 23.3 Å². The summed E-state index contributed by atoms with van der Waals surface area (Å²) in [5.74, 6) is 3.70. The van der Waals surface area contributed by atoms with E-state index in [4.69, 9.17) is 34.6 Å². The smallest absolute Gasteiger partial charge is 0.315 e. The minimum atomic E-state index is -0.0723. The Labute approximate surface area is 341 Å². The van der Waals surface area contributed by atoms with Crippen LogP contribution in [-0.2, 0) is 4.79 Å². The summed E-state index contributed by atoms with van der Waals surface area (Å²) in [6, 6.07) is 30.1. The molecule has 0 aliphatic carbocycles. The van der Waals surface area contributed by atoms with E-state index in [-0.39, 0.29) is 24.0 Å². The molecule has 4 aromatic carbocycles. The van der Waals surface area contributed by atoms with Gasteiger partial charge in [0.05, 0.1) is 18.6 Å². The molecule has 0 radical (unpaired) electrons. The summed E-state index contributed by atoms with van der Waals surface area (Å²) in [6.07, 6.45) is 3.16. The van der Waals surface area contributed by atoms with Gasteiger partial charge in [-0.25, -0.2) is 34.7 Å². The SMILES string of the molecule is O=C(CCCC[C@@H]1SC[C@@H]2NC(=O)N[C@@H]21)NCCOc1ccc2c3nc4nc(nc5[nH]c(nc6nc(nc([nH]3)c2c1)-c1ccccc1-6)c1ccccc51)-c1ccccc1-4. The van der Waals surface area contributed by atoms with Crippen molar-refractivity contribution in [3.8, 4) is 51.3 Å². The fourth-order valence-electron chi connectivity index (χ4n) is 8.43. The number of urea groups is 1. The van der Waals surface area contributed by atoms with Crippen LogP contribution in [0.5, 0.6) is 5.75 Å². The lowest BCUT2D eigenvalue weighted by atomic mass is 10.0. The van der Waals surface area contributed by atoms with Gasteiger partial charge in [0.25, 0.3) is 0 Å². The molecule has 14 nitrogen and oxygen atoms in total. The molecule has 292 valence electrons. The normalized spacial score (nSPS) is 17.6. The van der Waals surface area contributed by atoms with E-state index in [1.165, 1.54) is 0 Å². The number of thioether (sulfide) groups is 1. The number of carbonyl (C=O) groups is 2. The summed E-state index contributed by atoms with van der Waals surface area (Å²) in [4.78, 5) is 61.6. The molecular weight excluding hydrogens is 763 g/mol. The van der Waals surface area contributed by atoms with Gasteiger partial charge in [-0.2, -0.15) is 11.8 Å². The number of benzene rings is 4. The Kier molecular flexibility index (Phi) is 8.68. The minimum Gasteiger partial charge on any atom is -0.492 e. The van der Waals surface area contributed by atoms with Crippen LogP contribution in [0.4, 0.5) is 4.79 Å². The Hall–Kier alpha value is -6.87. The van der Waals surface area contributed by atoms with Crippen molar-refractivity contribution in [1.29, 1.82) is 0 Å². The first-order chi connectivity index (χ1) is 29.0. The van der Waals surface area contributed by atoms with Crippen molar-refractivity contribution in [2.45, 2.75) is 43.0 Å². The van der Waals surface area contributed by atoms with Crippen molar-refractivity contribution in [1.82, 2.24) is 55.8 Å². The topological polar surface area (TPSA) is 188 Å². The molecule has 59 heavy (non-hydrogen) atoms. The predicted octanol–water partition coefficient (Wildman–Crippen LogP) is 7.09. The Morgan fingerprint density at radius 3 is 1.80 bits per heavy atom. The fourth-order valence-corrected chi connectivity index (χ4v) is 9.98. The first-order valence-electron chi connectivity index (χ1n) is 19.8. The zero-order chi connectivity index (χ0) is 39.5. The Balaban J connectivity index is 0.908. The molecule has 2 saturated heterocycles. The number of aromatic amines is 2. The second-order valence-electron chi connectivity index (χ2n) is 15.0. The maximum Gasteiger partial charge on any atom is 0.315 e. The summed E-state index contributed by atoms with van der Waals surface area (Å²) in [7, 11) is 0. The Morgan fingerprint density at radius 2 is 1.20 bits per heavy atom. The maximum atomic E-state index is 12.7. The van der Waals surface area contributed by atoms with Crippen LogP contribution in [0.1, 0.15) is 25.7 Å². The van der Waals surface area contributed by atoms with E-state index in [2.05, 4.69) is 25.9 Å². The fraction of sp³-hybridized carbons (Fsp3) is 0.227. The minimum absolute atomic E-state index is 0.000114. The zero-order valence-corrected chi connectivity index (χ0v) is 32.5. The number of rotatable bonds is 9. The predicted molar refractivity (Wildman–Crippen MR) is 229 cm³/mol. The number of H-pyrrole nitrogens is 2. The number of carbonyl (C=O) groups excluding carboxylic acids is 2. The first-order valence-corrected chi connectivity index (χ1v) is 20.9. The Bertz CT molecular complexity index is 3010. The molecule has 11 rings (SSSR count). The highest BCUT2D eigenvalue weighted by Gasteiger charge is 2.42. The number of fused-ring (bicyclic) bond motifs is 21. The molecule has 7 aromatic rings. The lowest BCUT2D eigenvalue weighted by molar-refractivity contribution is -0.121. The van der Waals surface area contributed by atoms with E-state index in [0.29, 0.717) is 76.5 Å². The summed E-state index contributed by atoms with van der Waals surface area (Å²) < 4.78 is 6.17. The third-order valence-electron chi connectivity index (χ3n) is 11.3. The molecular formula is C44H37N11O3S. The van der Waals surface area contributed by atoms with Gasteiger partial charge in [0, 0.05) is 61.2 Å². The van der Waals surface area contributed by atoms with Gasteiger partial charge in [0.1, 0.15) is 34.9 Å². The largest absolute Gasteiger partial charge is 0.492 e. The summed E-state index contributed by atoms with van der Waals surface area (Å²) in [5, 5.41) is 12.9. The molecule has 4 aliphatic rings. The molecule has 0 spiro atoms. The van der Waals surface area contributed by atoms with Crippen LogP contribution in [0.2, 0.25) is 0 Å². The second-order valence-corrected chi connectivity index (χ2v) is 16.3. The second kappa shape index (κ2) is 14.5. The molecule has 2 fully saturated rings. The summed E-state index contributed by atoms with van der Waals surface area (Å²) >= 11 is 1.90. The molecule has 3 aromatic heterocycles. The van der Waals surface area contributed by atoms with E-state index < -0.39 is 0 Å². The van der Waals surface area contributed by atoms with Crippen LogP contribution < -0.4 is 20.7 Å².